The molecule has 3 rings (SSSR count). The van der Waals surface area contributed by atoms with Gasteiger partial charge in [-0.3, -0.25) is 14.6 Å². The summed E-state index contributed by atoms with van der Waals surface area (Å²) in [6.45, 7) is 2.71. The van der Waals surface area contributed by atoms with Crippen LogP contribution in [0.3, 0.4) is 0 Å². The van der Waals surface area contributed by atoms with Crippen LogP contribution in [-0.2, 0) is 19.1 Å². The lowest BCUT2D eigenvalue weighted by Gasteiger charge is -2.26. The van der Waals surface area contributed by atoms with Crippen molar-refractivity contribution < 1.29 is 19.1 Å². The number of likely N-dealkylation sites (tertiary alicyclic amines) is 1. The molecule has 0 saturated carbocycles. The van der Waals surface area contributed by atoms with Gasteiger partial charge in [0.05, 0.1) is 28.9 Å². The highest BCUT2D eigenvalue weighted by molar-refractivity contribution is 6.42. The van der Waals surface area contributed by atoms with Crippen LogP contribution in [-0.4, -0.2) is 68.6 Å². The van der Waals surface area contributed by atoms with Gasteiger partial charge in [0.2, 0.25) is 5.91 Å². The maximum atomic E-state index is 12.0. The summed E-state index contributed by atoms with van der Waals surface area (Å²) < 4.78 is 10.7. The van der Waals surface area contributed by atoms with E-state index in [1.807, 2.05) is 11.0 Å². The molecule has 1 aromatic rings. The molecule has 0 aromatic heterocycles. The van der Waals surface area contributed by atoms with Crippen LogP contribution in [0.5, 0.6) is 0 Å². The Balaban J connectivity index is 1.29. The van der Waals surface area contributed by atoms with Crippen molar-refractivity contribution in [1.82, 2.24) is 10.2 Å². The third-order valence-corrected chi connectivity index (χ3v) is 5.57. The number of piperidine rings is 1. The predicted molar refractivity (Wildman–Crippen MR) is 116 cm³/mol. The van der Waals surface area contributed by atoms with Crippen molar-refractivity contribution in [2.75, 3.05) is 51.1 Å². The second-order valence-electron chi connectivity index (χ2n) is 7.11. The van der Waals surface area contributed by atoms with E-state index in [2.05, 4.69) is 10.4 Å². The number of carbonyl (C=O) groups is 2. The van der Waals surface area contributed by atoms with Gasteiger partial charge >= 0.3 is 0 Å². The molecule has 0 bridgehead atoms. The van der Waals surface area contributed by atoms with Crippen LogP contribution in [0.1, 0.15) is 25.7 Å². The van der Waals surface area contributed by atoms with Gasteiger partial charge in [-0.05, 0) is 37.5 Å². The Morgan fingerprint density at radius 3 is 2.47 bits per heavy atom. The highest BCUT2D eigenvalue weighted by atomic mass is 35.5. The molecule has 164 valence electrons. The fourth-order valence-corrected chi connectivity index (χ4v) is 3.54. The average molecular weight is 457 g/mol. The molecule has 30 heavy (non-hydrogen) atoms. The molecule has 0 aliphatic carbocycles. The molecule has 2 aliphatic heterocycles. The number of amidine groups is 1. The number of hydrogen-bond donors (Lipinski definition) is 1. The molecule has 1 saturated heterocycles. The molecule has 1 aromatic carbocycles. The fraction of sp³-hybridized carbons (Fsp3) is 0.550. The molecule has 1 fully saturated rings. The molecule has 0 unspecified atom stereocenters. The van der Waals surface area contributed by atoms with E-state index in [4.69, 9.17) is 32.7 Å². The third kappa shape index (κ3) is 6.84. The summed E-state index contributed by atoms with van der Waals surface area (Å²) in [5.74, 6) is 0.297. The standard InChI is InChI=1S/C20H26Cl2N4O4/c21-16-5-4-15(12-17(16)22)26-9-6-18(24-26)23-19(27)13-29-10-11-30-14-20(28)25-7-2-1-3-8-25/h4-5,12H,1-3,6-11,13-14H2,(H,23,24,27). The molecule has 1 N–H and O–H groups in total. The zero-order valence-corrected chi connectivity index (χ0v) is 18.3. The van der Waals surface area contributed by atoms with Gasteiger partial charge in [-0.2, -0.15) is 5.10 Å². The van der Waals surface area contributed by atoms with Crippen LogP contribution >= 0.6 is 23.2 Å². The average Bonchev–Trinajstić information content (AvgIpc) is 3.21. The van der Waals surface area contributed by atoms with Gasteiger partial charge < -0.3 is 19.7 Å². The van der Waals surface area contributed by atoms with E-state index in [-0.39, 0.29) is 38.2 Å². The van der Waals surface area contributed by atoms with Gasteiger partial charge in [0.15, 0.2) is 0 Å². The Labute approximate surface area is 186 Å². The molecule has 10 heteroatoms. The largest absolute Gasteiger partial charge is 0.369 e. The Morgan fingerprint density at radius 1 is 1.00 bits per heavy atom. The molecule has 0 spiro atoms. The molecule has 0 radical (unpaired) electrons. The SMILES string of the molecule is O=C(COCCOCC(=O)N1CCCCC1)NC1=NN(c2ccc(Cl)c(Cl)c2)CC1. The molecule has 2 heterocycles. The first-order valence-electron chi connectivity index (χ1n) is 10.1. The van der Waals surface area contributed by atoms with E-state index in [0.29, 0.717) is 28.8 Å². The van der Waals surface area contributed by atoms with Crippen molar-refractivity contribution in [3.8, 4) is 0 Å². The monoisotopic (exact) mass is 456 g/mol. The van der Waals surface area contributed by atoms with Crippen molar-refractivity contribution in [3.05, 3.63) is 28.2 Å². The Morgan fingerprint density at radius 2 is 1.73 bits per heavy atom. The number of ether oxygens (including phenoxy) is 2. The second-order valence-corrected chi connectivity index (χ2v) is 7.93. The molecular weight excluding hydrogens is 431 g/mol. The van der Waals surface area contributed by atoms with Gasteiger partial charge in [-0.25, -0.2) is 0 Å². The minimum Gasteiger partial charge on any atom is -0.369 e. The first-order valence-corrected chi connectivity index (χ1v) is 10.8. The minimum absolute atomic E-state index is 0.0122. The van der Waals surface area contributed by atoms with Gasteiger partial charge in [0, 0.05) is 26.1 Å². The number of amides is 2. The zero-order valence-electron chi connectivity index (χ0n) is 16.7. The normalized spacial score (nSPS) is 16.5. The summed E-state index contributed by atoms with van der Waals surface area (Å²) in [6.07, 6.45) is 3.90. The maximum Gasteiger partial charge on any atom is 0.251 e. The quantitative estimate of drug-likeness (QED) is 0.607. The molecule has 0 atom stereocenters. The number of carbonyl (C=O) groups excluding carboxylic acids is 2. The van der Waals surface area contributed by atoms with Crippen molar-refractivity contribution in [3.63, 3.8) is 0 Å². The van der Waals surface area contributed by atoms with Crippen LogP contribution in [0.15, 0.2) is 23.3 Å². The highest BCUT2D eigenvalue weighted by Gasteiger charge is 2.19. The number of nitrogens with one attached hydrogen (secondary N) is 1. The van der Waals surface area contributed by atoms with E-state index in [0.717, 1.165) is 31.6 Å². The summed E-state index contributed by atoms with van der Waals surface area (Å²) in [5, 5.41) is 9.82. The van der Waals surface area contributed by atoms with Crippen LogP contribution in [0.25, 0.3) is 0 Å². The summed E-state index contributed by atoms with van der Waals surface area (Å²) in [4.78, 5) is 25.8. The van der Waals surface area contributed by atoms with Crippen LogP contribution in [0.2, 0.25) is 10.0 Å². The highest BCUT2D eigenvalue weighted by Crippen LogP contribution is 2.28. The van der Waals surface area contributed by atoms with Crippen molar-refractivity contribution in [2.45, 2.75) is 25.7 Å². The molecule has 8 nitrogen and oxygen atoms in total. The summed E-state index contributed by atoms with van der Waals surface area (Å²) in [6, 6.07) is 5.26. The number of hydrazone groups is 1. The summed E-state index contributed by atoms with van der Waals surface area (Å²) >= 11 is 12.0. The van der Waals surface area contributed by atoms with E-state index in [1.54, 1.807) is 17.1 Å². The molecule has 2 amide bonds. The van der Waals surface area contributed by atoms with Gasteiger partial charge in [0.1, 0.15) is 19.0 Å². The lowest BCUT2D eigenvalue weighted by molar-refractivity contribution is -0.138. The molecular formula is C20H26Cl2N4O4. The fourth-order valence-electron chi connectivity index (χ4n) is 3.25. The van der Waals surface area contributed by atoms with Crippen molar-refractivity contribution in [2.24, 2.45) is 5.10 Å². The van der Waals surface area contributed by atoms with Crippen LogP contribution in [0.4, 0.5) is 5.69 Å². The lowest BCUT2D eigenvalue weighted by atomic mass is 10.1. The first kappa shape index (κ1) is 22.8. The first-order chi connectivity index (χ1) is 14.5. The van der Waals surface area contributed by atoms with Crippen molar-refractivity contribution in [1.29, 1.82) is 0 Å². The Kier molecular flexibility index (Phi) is 8.74. The lowest BCUT2D eigenvalue weighted by Crippen LogP contribution is -2.38. The van der Waals surface area contributed by atoms with Crippen LogP contribution < -0.4 is 10.3 Å². The molecule has 2 aliphatic rings. The topological polar surface area (TPSA) is 83.5 Å². The smallest absolute Gasteiger partial charge is 0.251 e. The number of rotatable bonds is 8. The third-order valence-electron chi connectivity index (χ3n) is 4.83. The number of hydrogen-bond acceptors (Lipinski definition) is 6. The van der Waals surface area contributed by atoms with Crippen molar-refractivity contribution >= 4 is 46.5 Å². The maximum absolute atomic E-state index is 12.0. The van der Waals surface area contributed by atoms with Crippen LogP contribution in [0, 0.1) is 0 Å². The van der Waals surface area contributed by atoms with E-state index >= 15 is 0 Å². The predicted octanol–water partition coefficient (Wildman–Crippen LogP) is 2.68. The summed E-state index contributed by atoms with van der Waals surface area (Å²) in [7, 11) is 0. The number of nitrogens with zero attached hydrogens (tertiary/aromatic N) is 3. The number of benzene rings is 1. The van der Waals surface area contributed by atoms with E-state index < -0.39 is 0 Å². The van der Waals surface area contributed by atoms with E-state index in [9.17, 15) is 9.59 Å². The number of halogens is 2. The number of anilines is 1. The Hall–Kier alpha value is -1.87. The summed E-state index contributed by atoms with van der Waals surface area (Å²) in [5.41, 5.74) is 0.807. The Bertz CT molecular complexity index is 784. The van der Waals surface area contributed by atoms with Gasteiger partial charge in [-0.15, -0.1) is 0 Å². The van der Waals surface area contributed by atoms with Gasteiger partial charge in [0.25, 0.3) is 5.91 Å². The van der Waals surface area contributed by atoms with Gasteiger partial charge in [-0.1, -0.05) is 23.2 Å². The minimum atomic E-state index is -0.283. The van der Waals surface area contributed by atoms with E-state index in [1.165, 1.54) is 6.42 Å². The second kappa shape index (κ2) is 11.5. The zero-order chi connectivity index (χ0) is 21.3.